The lowest BCUT2D eigenvalue weighted by Crippen LogP contribution is -2.46. The first kappa shape index (κ1) is 32.5. The third kappa shape index (κ3) is 13.2. The highest BCUT2D eigenvalue weighted by molar-refractivity contribution is 5.83. The summed E-state index contributed by atoms with van der Waals surface area (Å²) in [5, 5.41) is 46.1. The maximum absolute atomic E-state index is 12.3. The van der Waals surface area contributed by atoms with E-state index in [2.05, 4.69) is 5.32 Å². The number of amides is 1. The van der Waals surface area contributed by atoms with Gasteiger partial charge >= 0.3 is 18.0 Å². The fraction of sp³-hybridized carbons (Fsp3) is 0.444. The van der Waals surface area contributed by atoms with Gasteiger partial charge in [-0.15, -0.1) is 0 Å². The molecule has 2 aromatic rings. The van der Waals surface area contributed by atoms with E-state index in [-0.39, 0.29) is 6.04 Å². The number of hydrogen-bond donors (Lipinski definition) is 7. The van der Waals surface area contributed by atoms with E-state index in [1.54, 1.807) is 0 Å². The topological polar surface area (TPSA) is 200 Å². The van der Waals surface area contributed by atoms with Crippen molar-refractivity contribution in [2.24, 2.45) is 5.73 Å². The second-order valence-electron chi connectivity index (χ2n) is 9.76. The lowest BCUT2D eigenvalue weighted by Gasteiger charge is -2.27. The number of hydrogen-bond acceptors (Lipinski definition) is 8. The van der Waals surface area contributed by atoms with Gasteiger partial charge in [-0.05, 0) is 51.2 Å². The van der Waals surface area contributed by atoms with E-state index in [9.17, 15) is 19.5 Å². The highest BCUT2D eigenvalue weighted by Crippen LogP contribution is 2.14. The Hall–Kier alpha value is -3.51. The van der Waals surface area contributed by atoms with Crippen molar-refractivity contribution in [1.82, 2.24) is 5.32 Å². The van der Waals surface area contributed by atoms with Crippen LogP contribution in [0, 0.1) is 0 Å². The van der Waals surface area contributed by atoms with Crippen LogP contribution in [0.25, 0.3) is 0 Å². The van der Waals surface area contributed by atoms with Gasteiger partial charge in [0.25, 0.3) is 0 Å². The molecule has 0 aromatic heterocycles. The molecular formula is C27H38N2O9. The fourth-order valence-corrected chi connectivity index (χ4v) is 3.32. The molecule has 38 heavy (non-hydrogen) atoms. The lowest BCUT2D eigenvalue weighted by molar-refractivity contribution is -0.165. The molecule has 0 radical (unpaired) electrons. The number of rotatable bonds is 11. The van der Waals surface area contributed by atoms with Crippen LogP contribution in [0.1, 0.15) is 38.3 Å². The molecule has 2 aromatic carbocycles. The fourth-order valence-electron chi connectivity index (χ4n) is 3.32. The molecule has 2 unspecified atom stereocenters. The van der Waals surface area contributed by atoms with Crippen molar-refractivity contribution in [2.75, 3.05) is 0 Å². The van der Waals surface area contributed by atoms with Gasteiger partial charge in [-0.1, -0.05) is 60.7 Å². The zero-order valence-corrected chi connectivity index (χ0v) is 21.7. The SMILES string of the molecule is CC(C)(C)OC(=O)N[C@@H](Cc1ccccc1)C[C@H](O)[C@@H](N)Cc1ccccc1.O=C(O)C(O)C(O)C(=O)O. The molecule has 0 bridgehead atoms. The molecule has 1 amide bonds. The molecule has 2 rings (SSSR count). The monoisotopic (exact) mass is 534 g/mol. The standard InChI is InChI=1S/C23H32N2O3.C4H6O6/c1-23(2,3)28-22(27)25-19(14-17-10-6-4-7-11-17)16-21(26)20(24)15-18-12-8-5-9-13-18;5-1(3(7)8)2(6)4(9)10/h4-13,19-21,26H,14-16,24H2,1-3H3,(H,25,27);1-2,5-6H,(H,7,8)(H,9,10)/t19-,20-,21-;/m0./s1. The van der Waals surface area contributed by atoms with E-state index >= 15 is 0 Å². The van der Waals surface area contributed by atoms with Gasteiger partial charge in [0.15, 0.2) is 12.2 Å². The molecule has 210 valence electrons. The number of alkyl carbamates (subject to hydrolysis) is 1. The summed E-state index contributed by atoms with van der Waals surface area (Å²) in [5.74, 6) is -3.54. The molecule has 0 saturated carbocycles. The third-order valence-electron chi connectivity index (χ3n) is 5.19. The van der Waals surface area contributed by atoms with Crippen LogP contribution in [-0.4, -0.2) is 79.6 Å². The Morgan fingerprint density at radius 3 is 1.63 bits per heavy atom. The summed E-state index contributed by atoms with van der Waals surface area (Å²) in [5.41, 5.74) is 7.80. The molecule has 5 atom stereocenters. The summed E-state index contributed by atoms with van der Waals surface area (Å²) in [6.45, 7) is 5.47. The van der Waals surface area contributed by atoms with E-state index in [4.69, 9.17) is 30.9 Å². The van der Waals surface area contributed by atoms with Gasteiger partial charge < -0.3 is 41.3 Å². The molecule has 8 N–H and O–H groups in total. The number of nitrogens with two attached hydrogens (primary N) is 1. The molecule has 0 aliphatic heterocycles. The second-order valence-corrected chi connectivity index (χ2v) is 9.76. The maximum Gasteiger partial charge on any atom is 0.407 e. The minimum Gasteiger partial charge on any atom is -0.479 e. The van der Waals surface area contributed by atoms with Crippen LogP contribution in [0.2, 0.25) is 0 Å². The van der Waals surface area contributed by atoms with Crippen LogP contribution in [0.5, 0.6) is 0 Å². The highest BCUT2D eigenvalue weighted by Gasteiger charge is 2.29. The van der Waals surface area contributed by atoms with Crippen LogP contribution in [0.4, 0.5) is 4.79 Å². The van der Waals surface area contributed by atoms with Crippen molar-refractivity contribution in [3.63, 3.8) is 0 Å². The quantitative estimate of drug-likeness (QED) is 0.220. The van der Waals surface area contributed by atoms with E-state index in [1.807, 2.05) is 81.4 Å². The average Bonchev–Trinajstić information content (AvgIpc) is 2.83. The molecule has 0 aliphatic carbocycles. The van der Waals surface area contributed by atoms with Gasteiger partial charge in [0.1, 0.15) is 5.60 Å². The van der Waals surface area contributed by atoms with Crippen LogP contribution in [0.15, 0.2) is 60.7 Å². The number of aliphatic carboxylic acids is 2. The Labute approximate surface area is 221 Å². The van der Waals surface area contributed by atoms with E-state index in [1.165, 1.54) is 0 Å². The Morgan fingerprint density at radius 2 is 1.24 bits per heavy atom. The summed E-state index contributed by atoms with van der Waals surface area (Å²) in [6, 6.07) is 19.0. The first-order valence-corrected chi connectivity index (χ1v) is 12.0. The number of aliphatic hydroxyl groups is 3. The number of benzene rings is 2. The molecule has 0 fully saturated rings. The molecule has 0 spiro atoms. The maximum atomic E-state index is 12.3. The number of nitrogens with one attached hydrogen (secondary N) is 1. The minimum atomic E-state index is -2.27. The number of carbonyl (C=O) groups excluding carboxylic acids is 1. The molecule has 11 nitrogen and oxygen atoms in total. The lowest BCUT2D eigenvalue weighted by atomic mass is 9.94. The van der Waals surface area contributed by atoms with Gasteiger partial charge in [-0.2, -0.15) is 0 Å². The largest absolute Gasteiger partial charge is 0.479 e. The van der Waals surface area contributed by atoms with Gasteiger partial charge in [0, 0.05) is 12.1 Å². The Morgan fingerprint density at radius 1 is 0.816 bits per heavy atom. The number of carboxylic acids is 2. The minimum absolute atomic E-state index is 0.283. The van der Waals surface area contributed by atoms with Crippen molar-refractivity contribution >= 4 is 18.0 Å². The van der Waals surface area contributed by atoms with Crippen LogP contribution in [0.3, 0.4) is 0 Å². The zero-order chi connectivity index (χ0) is 28.9. The van der Waals surface area contributed by atoms with Crippen molar-refractivity contribution in [3.05, 3.63) is 71.8 Å². The molecule has 0 aliphatic rings. The normalized spacial score (nSPS) is 15.0. The Kier molecular flexibility index (Phi) is 13.4. The summed E-state index contributed by atoms with van der Waals surface area (Å²) in [6.07, 6.45) is -4.25. The molecular weight excluding hydrogens is 496 g/mol. The Bertz CT molecular complexity index is 979. The molecule has 11 heteroatoms. The number of carboxylic acid groups (broad SMARTS) is 2. The zero-order valence-electron chi connectivity index (χ0n) is 21.7. The summed E-state index contributed by atoms with van der Waals surface area (Å²) < 4.78 is 5.38. The van der Waals surface area contributed by atoms with Gasteiger partial charge in [0.2, 0.25) is 0 Å². The summed E-state index contributed by atoms with van der Waals surface area (Å²) in [7, 11) is 0. The number of carbonyl (C=O) groups is 3. The number of aliphatic hydroxyl groups excluding tert-OH is 3. The van der Waals surface area contributed by atoms with Crippen molar-refractivity contribution < 1.29 is 44.7 Å². The van der Waals surface area contributed by atoms with Gasteiger partial charge in [0.05, 0.1) is 6.10 Å². The van der Waals surface area contributed by atoms with Crippen molar-refractivity contribution in [3.8, 4) is 0 Å². The summed E-state index contributed by atoms with van der Waals surface area (Å²) in [4.78, 5) is 31.8. The molecule has 0 saturated heterocycles. The van der Waals surface area contributed by atoms with E-state index in [0.717, 1.165) is 11.1 Å². The summed E-state index contributed by atoms with van der Waals surface area (Å²) >= 11 is 0. The predicted molar refractivity (Wildman–Crippen MR) is 139 cm³/mol. The van der Waals surface area contributed by atoms with E-state index < -0.39 is 48.0 Å². The van der Waals surface area contributed by atoms with Crippen LogP contribution in [-0.2, 0) is 27.2 Å². The first-order chi connectivity index (χ1) is 17.7. The molecule has 0 heterocycles. The van der Waals surface area contributed by atoms with Crippen LogP contribution >= 0.6 is 0 Å². The van der Waals surface area contributed by atoms with Crippen molar-refractivity contribution in [1.29, 1.82) is 0 Å². The second kappa shape index (κ2) is 15.7. The first-order valence-electron chi connectivity index (χ1n) is 12.0. The van der Waals surface area contributed by atoms with E-state index in [0.29, 0.717) is 19.3 Å². The smallest absolute Gasteiger partial charge is 0.407 e. The predicted octanol–water partition coefficient (Wildman–Crippen LogP) is 1.32. The van der Waals surface area contributed by atoms with Gasteiger partial charge in [-0.25, -0.2) is 14.4 Å². The Balaban J connectivity index is 0.000000612. The third-order valence-corrected chi connectivity index (χ3v) is 5.19. The highest BCUT2D eigenvalue weighted by atomic mass is 16.6. The van der Waals surface area contributed by atoms with Gasteiger partial charge in [-0.3, -0.25) is 0 Å². The number of ether oxygens (including phenoxy) is 1. The average molecular weight is 535 g/mol. The van der Waals surface area contributed by atoms with Crippen LogP contribution < -0.4 is 11.1 Å². The van der Waals surface area contributed by atoms with Crippen molar-refractivity contribution in [2.45, 2.75) is 76.0 Å².